The van der Waals surface area contributed by atoms with Gasteiger partial charge >= 0.3 is 0 Å². The third-order valence-corrected chi connectivity index (χ3v) is 2.92. The smallest absolute Gasteiger partial charge is 0.153 e. The van der Waals surface area contributed by atoms with Gasteiger partial charge in [-0.25, -0.2) is 0 Å². The van der Waals surface area contributed by atoms with Gasteiger partial charge in [0.15, 0.2) is 5.84 Å². The Morgan fingerprint density at radius 3 is 2.28 bits per heavy atom. The Morgan fingerprint density at radius 2 is 1.78 bits per heavy atom. The summed E-state index contributed by atoms with van der Waals surface area (Å²) in [5.74, 6) is 0.277. The average molecular weight is 258 g/mol. The molecule has 0 bridgehead atoms. The first-order valence-electron chi connectivity index (χ1n) is 6.46. The van der Waals surface area contributed by atoms with Crippen molar-refractivity contribution in [2.45, 2.75) is 26.4 Å². The van der Waals surface area contributed by atoms with E-state index in [4.69, 9.17) is 15.7 Å². The lowest BCUT2D eigenvalue weighted by Crippen LogP contribution is -2.49. The second-order valence-electron chi connectivity index (χ2n) is 5.67. The minimum Gasteiger partial charge on any atom is -0.409 e. The molecule has 18 heavy (non-hydrogen) atoms. The van der Waals surface area contributed by atoms with Gasteiger partial charge in [0, 0.05) is 32.7 Å². The normalized spacial score (nSPS) is 20.3. The fourth-order valence-corrected chi connectivity index (χ4v) is 1.91. The molecule has 1 aliphatic rings. The highest BCUT2D eigenvalue weighted by Crippen LogP contribution is 2.07. The molecule has 106 valence electrons. The molecule has 0 amide bonds. The lowest BCUT2D eigenvalue weighted by Gasteiger charge is -2.34. The molecular weight excluding hydrogens is 232 g/mol. The number of amidine groups is 1. The van der Waals surface area contributed by atoms with Crippen molar-refractivity contribution in [3.8, 4) is 0 Å². The first kappa shape index (κ1) is 15.2. The van der Waals surface area contributed by atoms with Gasteiger partial charge in [0.05, 0.1) is 18.8 Å². The maximum Gasteiger partial charge on any atom is 0.153 e. The number of rotatable bonds is 5. The van der Waals surface area contributed by atoms with Crippen LogP contribution < -0.4 is 5.73 Å². The summed E-state index contributed by atoms with van der Waals surface area (Å²) in [4.78, 5) is 4.57. The summed E-state index contributed by atoms with van der Waals surface area (Å²) >= 11 is 0. The van der Waals surface area contributed by atoms with E-state index in [2.05, 4.69) is 35.7 Å². The molecule has 6 heteroatoms. The highest BCUT2D eigenvalue weighted by atomic mass is 16.5. The molecule has 0 radical (unpaired) electrons. The highest BCUT2D eigenvalue weighted by Gasteiger charge is 2.18. The van der Waals surface area contributed by atoms with Crippen molar-refractivity contribution in [1.29, 1.82) is 0 Å². The molecule has 0 unspecified atom stereocenters. The van der Waals surface area contributed by atoms with Crippen molar-refractivity contribution in [3.05, 3.63) is 0 Å². The second-order valence-corrected chi connectivity index (χ2v) is 5.67. The zero-order chi connectivity index (χ0) is 13.6. The van der Waals surface area contributed by atoms with E-state index in [1.54, 1.807) is 0 Å². The van der Waals surface area contributed by atoms with E-state index >= 15 is 0 Å². The minimum atomic E-state index is -0.0616. The van der Waals surface area contributed by atoms with Gasteiger partial charge in [0.25, 0.3) is 0 Å². The Labute approximate surface area is 109 Å². The third kappa shape index (κ3) is 6.18. The van der Waals surface area contributed by atoms with Gasteiger partial charge in [-0.15, -0.1) is 0 Å². The number of nitrogens with zero attached hydrogens (tertiary/aromatic N) is 3. The standard InChI is InChI=1S/C12H26N4O2/c1-12(2,3)18-9-8-15-4-6-16(7-5-15)10-11(13)14-17/h17H,4-10H2,1-3H3,(H2,13,14). The first-order chi connectivity index (χ1) is 8.40. The molecule has 0 aromatic rings. The minimum absolute atomic E-state index is 0.0616. The Balaban J connectivity index is 2.16. The predicted octanol–water partition coefficient (Wildman–Crippen LogP) is 0.166. The van der Waals surface area contributed by atoms with Gasteiger partial charge in [-0.3, -0.25) is 9.80 Å². The summed E-state index contributed by atoms with van der Waals surface area (Å²) in [6, 6.07) is 0. The quantitative estimate of drug-likeness (QED) is 0.318. The molecule has 0 spiro atoms. The zero-order valence-corrected chi connectivity index (χ0v) is 11.7. The van der Waals surface area contributed by atoms with Crippen molar-refractivity contribution in [1.82, 2.24) is 9.80 Å². The van der Waals surface area contributed by atoms with E-state index in [9.17, 15) is 0 Å². The fourth-order valence-electron chi connectivity index (χ4n) is 1.91. The monoisotopic (exact) mass is 258 g/mol. The van der Waals surface area contributed by atoms with Crippen molar-refractivity contribution in [2.75, 3.05) is 45.9 Å². The summed E-state index contributed by atoms with van der Waals surface area (Å²) in [6.07, 6.45) is 0. The molecule has 0 saturated carbocycles. The Hall–Kier alpha value is -0.850. The van der Waals surface area contributed by atoms with Crippen molar-refractivity contribution < 1.29 is 9.94 Å². The molecule has 3 N–H and O–H groups in total. The largest absolute Gasteiger partial charge is 0.409 e. The van der Waals surface area contributed by atoms with Crippen LogP contribution in [0.3, 0.4) is 0 Å². The number of ether oxygens (including phenoxy) is 1. The molecule has 0 atom stereocenters. The Bertz CT molecular complexity index is 268. The number of nitrogens with two attached hydrogens (primary N) is 1. The summed E-state index contributed by atoms with van der Waals surface area (Å²) in [5, 5.41) is 11.5. The van der Waals surface area contributed by atoms with Crippen LogP contribution in [0.15, 0.2) is 5.16 Å². The van der Waals surface area contributed by atoms with Crippen LogP contribution in [0.25, 0.3) is 0 Å². The van der Waals surface area contributed by atoms with Gasteiger partial charge < -0.3 is 15.7 Å². The summed E-state index contributed by atoms with van der Waals surface area (Å²) in [6.45, 7) is 12.4. The maximum absolute atomic E-state index is 8.52. The van der Waals surface area contributed by atoms with Gasteiger partial charge in [0.1, 0.15) is 0 Å². The van der Waals surface area contributed by atoms with Gasteiger partial charge in [0.2, 0.25) is 0 Å². The van der Waals surface area contributed by atoms with Crippen LogP contribution in [0.2, 0.25) is 0 Å². The third-order valence-electron chi connectivity index (χ3n) is 2.92. The molecule has 0 aliphatic carbocycles. The lowest BCUT2D eigenvalue weighted by atomic mass is 10.2. The Kier molecular flexibility index (Phi) is 5.84. The Morgan fingerprint density at radius 1 is 1.22 bits per heavy atom. The van der Waals surface area contributed by atoms with Crippen LogP contribution >= 0.6 is 0 Å². The van der Waals surface area contributed by atoms with Crippen LogP contribution in [-0.2, 0) is 4.74 Å². The summed E-state index contributed by atoms with van der Waals surface area (Å²) < 4.78 is 5.71. The van der Waals surface area contributed by atoms with Gasteiger partial charge in [-0.2, -0.15) is 0 Å². The van der Waals surface area contributed by atoms with E-state index in [-0.39, 0.29) is 11.4 Å². The molecule has 1 fully saturated rings. The number of piperazine rings is 1. The van der Waals surface area contributed by atoms with Crippen LogP contribution in [0, 0.1) is 0 Å². The van der Waals surface area contributed by atoms with E-state index in [0.29, 0.717) is 6.54 Å². The van der Waals surface area contributed by atoms with Crippen LogP contribution in [0.1, 0.15) is 20.8 Å². The topological polar surface area (TPSA) is 74.3 Å². The van der Waals surface area contributed by atoms with E-state index < -0.39 is 0 Å². The second kappa shape index (κ2) is 6.92. The molecule has 1 rings (SSSR count). The maximum atomic E-state index is 8.52. The molecule has 1 saturated heterocycles. The van der Waals surface area contributed by atoms with Crippen molar-refractivity contribution in [2.24, 2.45) is 10.9 Å². The lowest BCUT2D eigenvalue weighted by molar-refractivity contribution is -0.0173. The number of hydrogen-bond acceptors (Lipinski definition) is 5. The molecule has 0 aromatic carbocycles. The van der Waals surface area contributed by atoms with Crippen LogP contribution in [0.5, 0.6) is 0 Å². The zero-order valence-electron chi connectivity index (χ0n) is 11.7. The number of oxime groups is 1. The molecular formula is C12H26N4O2. The molecule has 6 nitrogen and oxygen atoms in total. The highest BCUT2D eigenvalue weighted by molar-refractivity contribution is 5.81. The predicted molar refractivity (Wildman–Crippen MR) is 72.0 cm³/mol. The van der Waals surface area contributed by atoms with Crippen LogP contribution in [0.4, 0.5) is 0 Å². The fraction of sp³-hybridized carbons (Fsp3) is 0.917. The van der Waals surface area contributed by atoms with Crippen molar-refractivity contribution in [3.63, 3.8) is 0 Å². The molecule has 1 heterocycles. The van der Waals surface area contributed by atoms with E-state index in [1.807, 2.05) is 0 Å². The van der Waals surface area contributed by atoms with Crippen LogP contribution in [-0.4, -0.2) is 72.3 Å². The summed E-state index contributed by atoms with van der Waals surface area (Å²) in [7, 11) is 0. The molecule has 1 aliphatic heterocycles. The van der Waals surface area contributed by atoms with Gasteiger partial charge in [-0.05, 0) is 20.8 Å². The van der Waals surface area contributed by atoms with E-state index in [0.717, 1.165) is 39.3 Å². The SMILES string of the molecule is CC(C)(C)OCCN1CCN(CC(N)=NO)CC1. The van der Waals surface area contributed by atoms with Crippen molar-refractivity contribution >= 4 is 5.84 Å². The average Bonchev–Trinajstić information content (AvgIpc) is 2.29. The molecule has 0 aromatic heterocycles. The number of hydrogen-bond donors (Lipinski definition) is 2. The first-order valence-corrected chi connectivity index (χ1v) is 6.46. The summed E-state index contributed by atoms with van der Waals surface area (Å²) in [5.41, 5.74) is 5.43. The van der Waals surface area contributed by atoms with Gasteiger partial charge in [-0.1, -0.05) is 5.16 Å². The van der Waals surface area contributed by atoms with E-state index in [1.165, 1.54) is 0 Å².